The second kappa shape index (κ2) is 4.63. The highest BCUT2D eigenvalue weighted by Gasteiger charge is 2.30. The van der Waals surface area contributed by atoms with Crippen LogP contribution in [0.15, 0.2) is 23.1 Å². The van der Waals surface area contributed by atoms with E-state index in [0.717, 1.165) is 4.47 Å². The molecule has 0 amide bonds. The first-order valence-corrected chi connectivity index (χ1v) is 6.77. The van der Waals surface area contributed by atoms with Crippen molar-refractivity contribution in [3.05, 3.63) is 33.9 Å². The largest absolute Gasteiger partial charge is 0.284 e. The Bertz CT molecular complexity index is 578. The molecule has 0 atom stereocenters. The van der Waals surface area contributed by atoms with Crippen LogP contribution in [0.3, 0.4) is 0 Å². The molecule has 1 aliphatic rings. The molecule has 0 spiro atoms. The van der Waals surface area contributed by atoms with Gasteiger partial charge < -0.3 is 0 Å². The molecule has 0 bridgehead atoms. The van der Waals surface area contributed by atoms with Gasteiger partial charge in [0, 0.05) is 18.7 Å². The van der Waals surface area contributed by atoms with Gasteiger partial charge in [-0.15, -0.1) is 0 Å². The first-order valence-electron chi connectivity index (χ1n) is 5.33. The Morgan fingerprint density at radius 1 is 1.44 bits per heavy atom. The monoisotopic (exact) mass is 272 g/mol. The van der Waals surface area contributed by atoms with Gasteiger partial charge in [-0.25, -0.2) is 8.42 Å². The van der Waals surface area contributed by atoms with E-state index in [1.807, 2.05) is 0 Å². The number of nitro benzene ring substituents is 1. The van der Waals surface area contributed by atoms with E-state index in [9.17, 15) is 18.5 Å². The fourth-order valence-corrected chi connectivity index (χ4v) is 3.27. The standard InChI is InChI=1S/C10H12N2O5S/c1-8-7-9(12(13)14)3-4-10(8)18(15,16)11-5-2-6-17-11/h3-4,7H,2,5-6H2,1H3. The molecular formula is C10H12N2O5S. The molecule has 0 unspecified atom stereocenters. The first-order chi connectivity index (χ1) is 8.43. The molecule has 1 aromatic carbocycles. The van der Waals surface area contributed by atoms with Crippen LogP contribution in [0.2, 0.25) is 0 Å². The summed E-state index contributed by atoms with van der Waals surface area (Å²) in [6.07, 6.45) is 0.644. The average molecular weight is 272 g/mol. The van der Waals surface area contributed by atoms with Crippen LogP contribution in [0.1, 0.15) is 12.0 Å². The predicted octanol–water partition coefficient (Wildman–Crippen LogP) is 1.23. The van der Waals surface area contributed by atoms with Gasteiger partial charge in [0.2, 0.25) is 0 Å². The zero-order chi connectivity index (χ0) is 13.3. The number of nitro groups is 1. The average Bonchev–Trinajstić information content (AvgIpc) is 2.82. The molecule has 1 fully saturated rings. The van der Waals surface area contributed by atoms with Crippen molar-refractivity contribution < 1.29 is 18.2 Å². The van der Waals surface area contributed by atoms with Crippen LogP contribution in [0, 0.1) is 17.0 Å². The summed E-state index contributed by atoms with van der Waals surface area (Å²) in [5.74, 6) is 0. The third-order valence-corrected chi connectivity index (χ3v) is 4.47. The van der Waals surface area contributed by atoms with Crippen LogP contribution in [-0.4, -0.2) is 31.0 Å². The molecule has 7 nitrogen and oxygen atoms in total. The number of non-ortho nitro benzene ring substituents is 1. The summed E-state index contributed by atoms with van der Waals surface area (Å²) < 4.78 is 25.3. The van der Waals surface area contributed by atoms with E-state index >= 15 is 0 Å². The third kappa shape index (κ3) is 2.22. The van der Waals surface area contributed by atoms with Crippen molar-refractivity contribution in [3.8, 4) is 0 Å². The molecule has 18 heavy (non-hydrogen) atoms. The van der Waals surface area contributed by atoms with E-state index in [1.165, 1.54) is 25.1 Å². The number of hydrogen-bond acceptors (Lipinski definition) is 5. The number of hydrogen-bond donors (Lipinski definition) is 0. The number of sulfonamides is 1. The Morgan fingerprint density at radius 2 is 2.17 bits per heavy atom. The van der Waals surface area contributed by atoms with Crippen LogP contribution in [0.5, 0.6) is 0 Å². The summed E-state index contributed by atoms with van der Waals surface area (Å²) >= 11 is 0. The minimum Gasteiger partial charge on any atom is -0.284 e. The van der Waals surface area contributed by atoms with Crippen molar-refractivity contribution in [2.24, 2.45) is 0 Å². The van der Waals surface area contributed by atoms with Gasteiger partial charge in [0.15, 0.2) is 0 Å². The van der Waals surface area contributed by atoms with Gasteiger partial charge in [-0.05, 0) is 25.0 Å². The van der Waals surface area contributed by atoms with E-state index < -0.39 is 14.9 Å². The lowest BCUT2D eigenvalue weighted by Gasteiger charge is -2.15. The zero-order valence-corrected chi connectivity index (χ0v) is 10.5. The Morgan fingerprint density at radius 3 is 2.67 bits per heavy atom. The maximum atomic E-state index is 12.2. The van der Waals surface area contributed by atoms with Gasteiger partial charge in [0.05, 0.1) is 16.4 Å². The number of nitrogens with zero attached hydrogens (tertiary/aromatic N) is 2. The first kappa shape index (κ1) is 12.9. The highest BCUT2D eigenvalue weighted by molar-refractivity contribution is 7.89. The van der Waals surface area contributed by atoms with Gasteiger partial charge in [-0.3, -0.25) is 15.0 Å². The summed E-state index contributed by atoms with van der Waals surface area (Å²) in [6.45, 7) is 2.19. The smallest absolute Gasteiger partial charge is 0.269 e. The van der Waals surface area contributed by atoms with Crippen molar-refractivity contribution in [3.63, 3.8) is 0 Å². The molecule has 2 rings (SSSR count). The Hall–Kier alpha value is -1.51. The van der Waals surface area contributed by atoms with Crippen LogP contribution < -0.4 is 0 Å². The van der Waals surface area contributed by atoms with Crippen LogP contribution >= 0.6 is 0 Å². The van der Waals surface area contributed by atoms with E-state index in [2.05, 4.69) is 0 Å². The number of aryl methyl sites for hydroxylation is 1. The molecule has 0 N–H and O–H groups in total. The molecule has 0 aliphatic carbocycles. The van der Waals surface area contributed by atoms with Gasteiger partial charge in [-0.2, -0.15) is 0 Å². The fourth-order valence-electron chi connectivity index (χ4n) is 1.76. The molecule has 1 saturated heterocycles. The SMILES string of the molecule is Cc1cc([N+](=O)[O-])ccc1S(=O)(=O)N1CCCO1. The number of rotatable bonds is 3. The van der Waals surface area contributed by atoms with E-state index in [4.69, 9.17) is 4.84 Å². The highest BCUT2D eigenvalue weighted by atomic mass is 32.2. The Labute approximate surface area is 104 Å². The van der Waals surface area contributed by atoms with Crippen LogP contribution in [0.4, 0.5) is 5.69 Å². The number of benzene rings is 1. The highest BCUT2D eigenvalue weighted by Crippen LogP contribution is 2.25. The normalized spacial score (nSPS) is 16.9. The molecule has 1 heterocycles. The van der Waals surface area contributed by atoms with Crippen LogP contribution in [-0.2, 0) is 14.9 Å². The minimum atomic E-state index is -3.72. The molecule has 1 aromatic rings. The lowest BCUT2D eigenvalue weighted by molar-refractivity contribution is -0.385. The quantitative estimate of drug-likeness (QED) is 0.609. The van der Waals surface area contributed by atoms with Gasteiger partial charge >= 0.3 is 0 Å². The second-order valence-electron chi connectivity index (χ2n) is 3.93. The summed E-state index contributed by atoms with van der Waals surface area (Å²) in [6, 6.07) is 3.66. The molecular weight excluding hydrogens is 260 g/mol. The molecule has 0 radical (unpaired) electrons. The molecule has 1 aliphatic heterocycles. The van der Waals surface area contributed by atoms with Crippen molar-refractivity contribution in [1.29, 1.82) is 0 Å². The lowest BCUT2D eigenvalue weighted by Crippen LogP contribution is -2.27. The lowest BCUT2D eigenvalue weighted by atomic mass is 10.2. The second-order valence-corrected chi connectivity index (χ2v) is 5.72. The summed E-state index contributed by atoms with van der Waals surface area (Å²) in [7, 11) is -3.72. The van der Waals surface area contributed by atoms with Crippen molar-refractivity contribution in [2.45, 2.75) is 18.2 Å². The summed E-state index contributed by atoms with van der Waals surface area (Å²) in [5, 5.41) is 10.6. The molecule has 0 aromatic heterocycles. The maximum absolute atomic E-state index is 12.2. The predicted molar refractivity (Wildman–Crippen MR) is 62.3 cm³/mol. The van der Waals surface area contributed by atoms with E-state index in [-0.39, 0.29) is 10.6 Å². The maximum Gasteiger partial charge on any atom is 0.269 e. The topological polar surface area (TPSA) is 89.8 Å². The zero-order valence-electron chi connectivity index (χ0n) is 9.70. The van der Waals surface area contributed by atoms with E-state index in [1.54, 1.807) is 0 Å². The minimum absolute atomic E-state index is 0.0370. The Balaban J connectivity index is 2.42. The fraction of sp³-hybridized carbons (Fsp3) is 0.400. The van der Waals surface area contributed by atoms with Crippen molar-refractivity contribution in [2.75, 3.05) is 13.2 Å². The molecule has 0 saturated carbocycles. The molecule has 98 valence electrons. The number of hydroxylamine groups is 1. The van der Waals surface area contributed by atoms with Gasteiger partial charge in [-0.1, -0.05) is 4.47 Å². The van der Waals surface area contributed by atoms with E-state index in [0.29, 0.717) is 25.1 Å². The molecule has 8 heteroatoms. The van der Waals surface area contributed by atoms with Gasteiger partial charge in [0.1, 0.15) is 0 Å². The van der Waals surface area contributed by atoms with Crippen LogP contribution in [0.25, 0.3) is 0 Å². The van der Waals surface area contributed by atoms with Crippen molar-refractivity contribution in [1.82, 2.24) is 4.47 Å². The summed E-state index contributed by atoms with van der Waals surface area (Å²) in [5.41, 5.74) is 0.202. The van der Waals surface area contributed by atoms with Crippen molar-refractivity contribution >= 4 is 15.7 Å². The Kier molecular flexibility index (Phi) is 3.33. The summed E-state index contributed by atoms with van der Waals surface area (Å²) in [4.78, 5) is 15.1. The third-order valence-electron chi connectivity index (χ3n) is 2.64. The van der Waals surface area contributed by atoms with Gasteiger partial charge in [0.25, 0.3) is 15.7 Å².